The number of carbonyl (C=O) groups excluding carboxylic acids is 1. The number of carbonyl (C=O) groups is 1. The molecule has 5 heteroatoms. The van der Waals surface area contributed by atoms with E-state index in [1.54, 1.807) is 11.3 Å². The zero-order chi connectivity index (χ0) is 18.4. The van der Waals surface area contributed by atoms with Crippen molar-refractivity contribution in [3.05, 3.63) is 45.9 Å². The van der Waals surface area contributed by atoms with Gasteiger partial charge in [0, 0.05) is 17.8 Å². The smallest absolute Gasteiger partial charge is 0.226 e. The third-order valence-electron chi connectivity index (χ3n) is 4.91. The summed E-state index contributed by atoms with van der Waals surface area (Å²) in [5.74, 6) is 1.44. The number of ether oxygens (including phenoxy) is 1. The summed E-state index contributed by atoms with van der Waals surface area (Å²) in [5, 5.41) is 3.01. The van der Waals surface area contributed by atoms with E-state index in [0.29, 0.717) is 19.1 Å². The van der Waals surface area contributed by atoms with Crippen LogP contribution >= 0.6 is 11.3 Å². The van der Waals surface area contributed by atoms with Crippen LogP contribution in [-0.2, 0) is 17.9 Å². The van der Waals surface area contributed by atoms with Crippen molar-refractivity contribution in [2.45, 2.75) is 59.1 Å². The molecule has 1 fully saturated rings. The highest BCUT2D eigenvalue weighted by Gasteiger charge is 2.27. The van der Waals surface area contributed by atoms with Crippen molar-refractivity contribution in [3.8, 4) is 5.75 Å². The average Bonchev–Trinajstić information content (AvgIpc) is 3.32. The predicted octanol–water partition coefficient (Wildman–Crippen LogP) is 4.96. The second-order valence-electron chi connectivity index (χ2n) is 7.03. The lowest BCUT2D eigenvalue weighted by Gasteiger charge is -2.24. The molecule has 0 bridgehead atoms. The molecule has 1 amide bonds. The molecule has 0 atom stereocenters. The highest BCUT2D eigenvalue weighted by molar-refractivity contribution is 7.09. The first kappa shape index (κ1) is 18.9. The van der Waals surface area contributed by atoms with E-state index in [4.69, 9.17) is 4.74 Å². The zero-order valence-electron chi connectivity index (χ0n) is 15.7. The van der Waals surface area contributed by atoms with Gasteiger partial charge in [0.1, 0.15) is 17.4 Å². The van der Waals surface area contributed by atoms with E-state index in [1.165, 1.54) is 12.8 Å². The molecule has 1 aliphatic carbocycles. The molecule has 0 aliphatic heterocycles. The largest absolute Gasteiger partial charge is 0.486 e. The van der Waals surface area contributed by atoms with Crippen LogP contribution in [0.1, 0.15) is 55.3 Å². The topological polar surface area (TPSA) is 42.4 Å². The van der Waals surface area contributed by atoms with Crippen molar-refractivity contribution in [2.24, 2.45) is 5.92 Å². The molecule has 1 aromatic heterocycles. The van der Waals surface area contributed by atoms with Gasteiger partial charge in [-0.05, 0) is 37.8 Å². The van der Waals surface area contributed by atoms with E-state index in [9.17, 15) is 4.79 Å². The minimum Gasteiger partial charge on any atom is -0.486 e. The fourth-order valence-electron chi connectivity index (χ4n) is 3.51. The fourth-order valence-corrected chi connectivity index (χ4v) is 4.21. The van der Waals surface area contributed by atoms with Gasteiger partial charge in [-0.1, -0.05) is 38.0 Å². The first-order chi connectivity index (χ1) is 12.7. The third-order valence-corrected chi connectivity index (χ3v) is 5.78. The number of hydrogen-bond donors (Lipinski definition) is 0. The van der Waals surface area contributed by atoms with Crippen molar-refractivity contribution >= 4 is 17.2 Å². The normalized spacial score (nSPS) is 14.5. The molecule has 0 N–H and O–H groups in total. The van der Waals surface area contributed by atoms with Crippen molar-refractivity contribution in [1.29, 1.82) is 0 Å². The molecule has 140 valence electrons. The number of thiazole rings is 1. The Morgan fingerprint density at radius 2 is 2.08 bits per heavy atom. The van der Waals surface area contributed by atoms with Crippen LogP contribution in [0.2, 0.25) is 0 Å². The van der Waals surface area contributed by atoms with Crippen LogP contribution in [0.25, 0.3) is 0 Å². The Kier molecular flexibility index (Phi) is 6.67. The highest BCUT2D eigenvalue weighted by Crippen LogP contribution is 2.27. The van der Waals surface area contributed by atoms with E-state index in [1.807, 2.05) is 36.1 Å². The first-order valence-electron chi connectivity index (χ1n) is 9.58. The molecular formula is C21H28N2O2S. The minimum atomic E-state index is 0.226. The molecule has 1 aliphatic rings. The third kappa shape index (κ3) is 4.85. The SMILES string of the molecule is CCCN(Cc1csc(COc2ccccc2C)n1)C(=O)C1CCCC1. The average molecular weight is 373 g/mol. The number of hydrogen-bond acceptors (Lipinski definition) is 4. The standard InChI is InChI=1S/C21H28N2O2S/c1-3-12-23(21(24)17-9-5-6-10-17)13-18-15-26-20(22-18)14-25-19-11-7-4-8-16(19)2/h4,7-8,11,15,17H,3,5-6,9-10,12-14H2,1-2H3. The number of aryl methyl sites for hydroxylation is 1. The lowest BCUT2D eigenvalue weighted by molar-refractivity contribution is -0.136. The minimum absolute atomic E-state index is 0.226. The number of amides is 1. The molecule has 4 nitrogen and oxygen atoms in total. The summed E-state index contributed by atoms with van der Waals surface area (Å²) >= 11 is 1.60. The van der Waals surface area contributed by atoms with Crippen LogP contribution < -0.4 is 4.74 Å². The van der Waals surface area contributed by atoms with Crippen LogP contribution in [0.3, 0.4) is 0 Å². The molecule has 1 aromatic carbocycles. The second kappa shape index (κ2) is 9.17. The quantitative estimate of drug-likeness (QED) is 0.658. The van der Waals surface area contributed by atoms with Crippen molar-refractivity contribution in [2.75, 3.05) is 6.54 Å². The van der Waals surface area contributed by atoms with Crippen LogP contribution in [0, 0.1) is 12.8 Å². The van der Waals surface area contributed by atoms with E-state index in [2.05, 4.69) is 17.3 Å². The maximum atomic E-state index is 12.8. The van der Waals surface area contributed by atoms with Gasteiger partial charge in [-0.3, -0.25) is 4.79 Å². The van der Waals surface area contributed by atoms with Gasteiger partial charge in [0.2, 0.25) is 5.91 Å². The molecule has 0 saturated heterocycles. The summed E-state index contributed by atoms with van der Waals surface area (Å²) in [6.45, 7) is 6.06. The van der Waals surface area contributed by atoms with Crippen molar-refractivity contribution in [1.82, 2.24) is 9.88 Å². The molecule has 0 spiro atoms. The summed E-state index contributed by atoms with van der Waals surface area (Å²) in [6.07, 6.45) is 5.45. The lowest BCUT2D eigenvalue weighted by Crippen LogP contribution is -2.35. The maximum Gasteiger partial charge on any atom is 0.226 e. The monoisotopic (exact) mass is 372 g/mol. The van der Waals surface area contributed by atoms with Gasteiger partial charge >= 0.3 is 0 Å². The van der Waals surface area contributed by atoms with Crippen LogP contribution in [0.4, 0.5) is 0 Å². The van der Waals surface area contributed by atoms with E-state index in [0.717, 1.165) is 47.8 Å². The number of nitrogens with zero attached hydrogens (tertiary/aromatic N) is 2. The molecule has 1 saturated carbocycles. The van der Waals surface area contributed by atoms with Gasteiger partial charge in [0.05, 0.1) is 12.2 Å². The van der Waals surface area contributed by atoms with E-state index in [-0.39, 0.29) is 5.92 Å². The van der Waals surface area contributed by atoms with Crippen molar-refractivity contribution in [3.63, 3.8) is 0 Å². The summed E-state index contributed by atoms with van der Waals surface area (Å²) in [7, 11) is 0. The number of rotatable bonds is 8. The van der Waals surface area contributed by atoms with E-state index >= 15 is 0 Å². The molecule has 3 rings (SSSR count). The highest BCUT2D eigenvalue weighted by atomic mass is 32.1. The van der Waals surface area contributed by atoms with Gasteiger partial charge in [-0.2, -0.15) is 0 Å². The molecular weight excluding hydrogens is 344 g/mol. The molecule has 0 unspecified atom stereocenters. The zero-order valence-corrected chi connectivity index (χ0v) is 16.6. The van der Waals surface area contributed by atoms with Crippen LogP contribution in [0.5, 0.6) is 5.75 Å². The molecule has 1 heterocycles. The first-order valence-corrected chi connectivity index (χ1v) is 10.5. The van der Waals surface area contributed by atoms with Crippen molar-refractivity contribution < 1.29 is 9.53 Å². The molecule has 0 radical (unpaired) electrons. The lowest BCUT2D eigenvalue weighted by atomic mass is 10.1. The van der Waals surface area contributed by atoms with Gasteiger partial charge in [0.15, 0.2) is 0 Å². The van der Waals surface area contributed by atoms with Gasteiger partial charge < -0.3 is 9.64 Å². The Labute approximate surface area is 160 Å². The summed E-state index contributed by atoms with van der Waals surface area (Å²) in [5.41, 5.74) is 2.10. The Bertz CT molecular complexity index is 722. The summed E-state index contributed by atoms with van der Waals surface area (Å²) in [4.78, 5) is 19.5. The number of aromatic nitrogens is 1. The Balaban J connectivity index is 1.58. The summed E-state index contributed by atoms with van der Waals surface area (Å²) in [6, 6.07) is 8.01. The Hall–Kier alpha value is -1.88. The second-order valence-corrected chi connectivity index (χ2v) is 7.97. The fraction of sp³-hybridized carbons (Fsp3) is 0.524. The maximum absolute atomic E-state index is 12.8. The molecule has 2 aromatic rings. The van der Waals surface area contributed by atoms with Gasteiger partial charge in [0.25, 0.3) is 0 Å². The van der Waals surface area contributed by atoms with Gasteiger partial charge in [-0.15, -0.1) is 11.3 Å². The molecule has 26 heavy (non-hydrogen) atoms. The van der Waals surface area contributed by atoms with Crippen LogP contribution in [0.15, 0.2) is 29.6 Å². The van der Waals surface area contributed by atoms with Gasteiger partial charge in [-0.25, -0.2) is 4.98 Å². The number of benzene rings is 1. The Morgan fingerprint density at radius 3 is 2.81 bits per heavy atom. The van der Waals surface area contributed by atoms with Crippen LogP contribution in [-0.4, -0.2) is 22.3 Å². The van der Waals surface area contributed by atoms with E-state index < -0.39 is 0 Å². The predicted molar refractivity (Wildman–Crippen MR) is 105 cm³/mol. The summed E-state index contributed by atoms with van der Waals surface area (Å²) < 4.78 is 5.88. The number of para-hydroxylation sites is 1. The Morgan fingerprint density at radius 1 is 1.31 bits per heavy atom.